The van der Waals surface area contributed by atoms with Crippen molar-refractivity contribution >= 4 is 32.1 Å². The molecule has 2 aliphatic heterocycles. The van der Waals surface area contributed by atoms with Crippen LogP contribution in [0.15, 0.2) is 47.4 Å². The van der Waals surface area contributed by atoms with Crippen LogP contribution in [0.3, 0.4) is 0 Å². The zero-order valence-electron chi connectivity index (χ0n) is 26.3. The molecule has 47 heavy (non-hydrogen) atoms. The van der Waals surface area contributed by atoms with Gasteiger partial charge in [-0.1, -0.05) is 12.0 Å². The van der Waals surface area contributed by atoms with Crippen molar-refractivity contribution < 1.29 is 35.5 Å². The van der Waals surface area contributed by atoms with Crippen molar-refractivity contribution in [2.24, 2.45) is 5.41 Å². The van der Waals surface area contributed by atoms with Crippen LogP contribution in [0.5, 0.6) is 5.75 Å². The van der Waals surface area contributed by atoms with Gasteiger partial charge in [0, 0.05) is 67.2 Å². The second-order valence-corrected chi connectivity index (χ2v) is 15.0. The van der Waals surface area contributed by atoms with Gasteiger partial charge in [-0.15, -0.1) is 0 Å². The fraction of sp³-hybridized carbons (Fsp3) is 0.529. The first-order chi connectivity index (χ1) is 22.4. The van der Waals surface area contributed by atoms with Crippen molar-refractivity contribution in [3.8, 4) is 17.6 Å². The van der Waals surface area contributed by atoms with Crippen LogP contribution < -0.4 is 15.4 Å². The smallest absolute Gasteiger partial charge is 0.406 e. The molecule has 3 fully saturated rings. The zero-order valence-corrected chi connectivity index (χ0v) is 27.2. The third kappa shape index (κ3) is 7.82. The summed E-state index contributed by atoms with van der Waals surface area (Å²) in [5.74, 6) is 5.71. The summed E-state index contributed by atoms with van der Waals surface area (Å²) in [6.07, 6.45) is 3.05. The lowest BCUT2D eigenvalue weighted by molar-refractivity contribution is -0.140. The van der Waals surface area contributed by atoms with E-state index in [1.807, 2.05) is 6.07 Å². The molecule has 0 radical (unpaired) electrons. The number of halogens is 4. The number of alkyl halides is 4. The van der Waals surface area contributed by atoms with E-state index >= 15 is 0 Å². The van der Waals surface area contributed by atoms with Gasteiger partial charge >= 0.3 is 6.18 Å². The molecule has 3 heterocycles. The molecule has 2 N–H and O–H groups in total. The van der Waals surface area contributed by atoms with Gasteiger partial charge in [-0.05, 0) is 74.8 Å². The SMILES string of the molecule is CS(=O)(=O)c1ccc(NCC#Cc2cc3c(N[C@H]4CC[C@H](N5CC6(CCOCC6)C5)CC4)cccc3n2CC(F)(F)F)c(OCF)c1. The Labute approximate surface area is 272 Å². The number of hydrogen-bond donors (Lipinski definition) is 2. The van der Waals surface area contributed by atoms with Gasteiger partial charge in [0.1, 0.15) is 12.3 Å². The number of hydrogen-bond acceptors (Lipinski definition) is 7. The van der Waals surface area contributed by atoms with Crippen LogP contribution in [0.4, 0.5) is 28.9 Å². The van der Waals surface area contributed by atoms with E-state index in [0.717, 1.165) is 76.8 Å². The molecule has 1 aliphatic carbocycles. The summed E-state index contributed by atoms with van der Waals surface area (Å²) in [4.78, 5) is 2.59. The molecule has 3 aliphatic rings. The van der Waals surface area contributed by atoms with Gasteiger partial charge in [0.2, 0.25) is 6.86 Å². The molecule has 0 atom stereocenters. The number of benzene rings is 2. The van der Waals surface area contributed by atoms with E-state index in [2.05, 4.69) is 27.4 Å². The zero-order chi connectivity index (χ0) is 33.2. The second kappa shape index (κ2) is 13.6. The third-order valence-electron chi connectivity index (χ3n) is 9.66. The highest BCUT2D eigenvalue weighted by Crippen LogP contribution is 2.43. The highest BCUT2D eigenvalue weighted by Gasteiger charge is 2.46. The average Bonchev–Trinajstić information content (AvgIpc) is 3.35. The molecule has 254 valence electrons. The number of rotatable bonds is 9. The number of likely N-dealkylation sites (tertiary alicyclic amines) is 1. The van der Waals surface area contributed by atoms with Crippen molar-refractivity contribution in [2.45, 2.75) is 68.2 Å². The van der Waals surface area contributed by atoms with Crippen LogP contribution in [0.25, 0.3) is 10.9 Å². The molecule has 1 spiro atoms. The Morgan fingerprint density at radius 3 is 2.47 bits per heavy atom. The Morgan fingerprint density at radius 1 is 1.04 bits per heavy atom. The van der Waals surface area contributed by atoms with Gasteiger partial charge in [-0.25, -0.2) is 12.8 Å². The van der Waals surface area contributed by atoms with E-state index in [-0.39, 0.29) is 28.9 Å². The van der Waals surface area contributed by atoms with Crippen molar-refractivity contribution in [3.05, 3.63) is 48.2 Å². The predicted molar refractivity (Wildman–Crippen MR) is 173 cm³/mol. The molecular weight excluding hydrogens is 636 g/mol. The molecule has 0 unspecified atom stereocenters. The second-order valence-electron chi connectivity index (χ2n) is 13.0. The maximum Gasteiger partial charge on any atom is 0.406 e. The number of nitrogens with zero attached hydrogens (tertiary/aromatic N) is 2. The average molecular weight is 677 g/mol. The molecule has 0 amide bonds. The van der Waals surface area contributed by atoms with Gasteiger partial charge < -0.3 is 24.7 Å². The topological polar surface area (TPSA) is 84.8 Å². The summed E-state index contributed by atoms with van der Waals surface area (Å²) in [5, 5.41) is 7.24. The van der Waals surface area contributed by atoms with Crippen LogP contribution in [0.2, 0.25) is 0 Å². The minimum absolute atomic E-state index is 0.00528. The number of fused-ring (bicyclic) bond motifs is 1. The van der Waals surface area contributed by atoms with Crippen LogP contribution in [0.1, 0.15) is 44.2 Å². The summed E-state index contributed by atoms with van der Waals surface area (Å²) >= 11 is 0. The minimum atomic E-state index is -4.46. The monoisotopic (exact) mass is 676 g/mol. The van der Waals surface area contributed by atoms with E-state index < -0.39 is 29.4 Å². The number of ether oxygens (including phenoxy) is 2. The summed E-state index contributed by atoms with van der Waals surface area (Å²) in [5.41, 5.74) is 2.19. The van der Waals surface area contributed by atoms with Crippen LogP contribution in [-0.2, 0) is 21.1 Å². The molecule has 13 heteroatoms. The van der Waals surface area contributed by atoms with Crippen molar-refractivity contribution in [1.29, 1.82) is 0 Å². The molecular formula is C34H40F4N4O4S. The number of nitrogens with one attached hydrogen (secondary N) is 2. The van der Waals surface area contributed by atoms with Gasteiger partial charge in [-0.3, -0.25) is 4.90 Å². The molecule has 0 bridgehead atoms. The maximum atomic E-state index is 13.7. The lowest BCUT2D eigenvalue weighted by Gasteiger charge is -2.56. The highest BCUT2D eigenvalue weighted by molar-refractivity contribution is 7.90. The van der Waals surface area contributed by atoms with Crippen LogP contribution >= 0.6 is 0 Å². The predicted octanol–water partition coefficient (Wildman–Crippen LogP) is 6.21. The number of sulfone groups is 1. The first-order valence-electron chi connectivity index (χ1n) is 16.0. The number of aromatic nitrogens is 1. The summed E-state index contributed by atoms with van der Waals surface area (Å²) in [6, 6.07) is 11.8. The van der Waals surface area contributed by atoms with Crippen molar-refractivity contribution in [1.82, 2.24) is 9.47 Å². The Hall–Kier alpha value is -3.47. The quantitative estimate of drug-likeness (QED) is 0.206. The van der Waals surface area contributed by atoms with E-state index in [1.54, 1.807) is 18.2 Å². The fourth-order valence-electron chi connectivity index (χ4n) is 7.19. The molecule has 1 saturated carbocycles. The van der Waals surface area contributed by atoms with E-state index in [4.69, 9.17) is 9.47 Å². The van der Waals surface area contributed by atoms with Gasteiger partial charge in [0.25, 0.3) is 0 Å². The molecule has 1 aromatic heterocycles. The maximum absolute atomic E-state index is 13.7. The largest absolute Gasteiger partial charge is 0.461 e. The Bertz CT molecular complexity index is 1740. The Kier molecular flexibility index (Phi) is 9.65. The molecule has 6 rings (SSSR count). The fourth-order valence-corrected chi connectivity index (χ4v) is 7.83. The van der Waals surface area contributed by atoms with Crippen molar-refractivity contribution in [3.63, 3.8) is 0 Å². The lowest BCUT2D eigenvalue weighted by Crippen LogP contribution is -2.62. The minimum Gasteiger partial charge on any atom is -0.461 e. The van der Waals surface area contributed by atoms with E-state index in [1.165, 1.54) is 22.8 Å². The molecule has 2 aromatic carbocycles. The number of anilines is 2. The standard InChI is InChI=1S/C34H40F4N4O4S/c1-47(43,44)27-11-12-30(32(19-27)46-23-35)39-15-3-4-26-18-28-29(5-2-6-31(28)42(26)22-34(36,37)38)40-24-7-9-25(10-8-24)41-20-33(21-41)13-16-45-17-14-33/h2,5-6,11-12,18-19,24-25,39-40H,7-10,13-17,20-23H2,1H3/t24-,25-. The van der Waals surface area contributed by atoms with Crippen LogP contribution in [-0.4, -0.2) is 82.1 Å². The van der Waals surface area contributed by atoms with E-state index in [9.17, 15) is 26.0 Å². The van der Waals surface area contributed by atoms with E-state index in [0.29, 0.717) is 28.0 Å². The Morgan fingerprint density at radius 2 is 1.79 bits per heavy atom. The van der Waals surface area contributed by atoms with Crippen LogP contribution in [0, 0.1) is 17.3 Å². The molecule has 8 nitrogen and oxygen atoms in total. The highest BCUT2D eigenvalue weighted by atomic mass is 32.2. The molecule has 3 aromatic rings. The Balaban J connectivity index is 1.14. The normalized spacial score (nSPS) is 21.6. The lowest BCUT2D eigenvalue weighted by atomic mass is 9.71. The molecule has 2 saturated heterocycles. The van der Waals surface area contributed by atoms with Gasteiger partial charge in [0.15, 0.2) is 9.84 Å². The first kappa shape index (κ1) is 33.4. The first-order valence-corrected chi connectivity index (χ1v) is 17.9. The summed E-state index contributed by atoms with van der Waals surface area (Å²) in [7, 11) is -3.54. The third-order valence-corrected chi connectivity index (χ3v) is 10.8. The summed E-state index contributed by atoms with van der Waals surface area (Å²) < 4.78 is 89.5. The van der Waals surface area contributed by atoms with Gasteiger partial charge in [0.05, 0.1) is 28.3 Å². The van der Waals surface area contributed by atoms with Crippen molar-refractivity contribution in [2.75, 3.05) is 56.6 Å². The van der Waals surface area contributed by atoms with Gasteiger partial charge in [-0.2, -0.15) is 13.2 Å². The summed E-state index contributed by atoms with van der Waals surface area (Å²) in [6.45, 7) is 1.69.